The number of dihydropyridines is 1. The maximum atomic E-state index is 13.1. The molecule has 1 aliphatic heterocycles. The summed E-state index contributed by atoms with van der Waals surface area (Å²) in [5.74, 6) is -0.754. The second kappa shape index (κ2) is 9.58. The molecule has 0 fully saturated rings. The molecule has 7 heteroatoms. The van der Waals surface area contributed by atoms with Crippen LogP contribution in [0.3, 0.4) is 0 Å². The van der Waals surface area contributed by atoms with Gasteiger partial charge in [-0.2, -0.15) is 0 Å². The van der Waals surface area contributed by atoms with E-state index in [9.17, 15) is 9.59 Å². The quantitative estimate of drug-likeness (QED) is 0.507. The number of ether oxygens (including phenoxy) is 1. The van der Waals surface area contributed by atoms with Gasteiger partial charge >= 0.3 is 5.97 Å². The Morgan fingerprint density at radius 3 is 2.90 bits per heavy atom. The van der Waals surface area contributed by atoms with Crippen molar-refractivity contribution in [3.8, 4) is 0 Å². The molecule has 1 aromatic heterocycles. The Morgan fingerprint density at radius 1 is 1.29 bits per heavy atom. The first-order valence-corrected chi connectivity index (χ1v) is 11.5. The molecule has 0 saturated carbocycles. The van der Waals surface area contributed by atoms with Gasteiger partial charge in [-0.15, -0.1) is 11.3 Å². The second-order valence-corrected chi connectivity index (χ2v) is 8.80. The minimum Gasteiger partial charge on any atom is -0.461 e. The molecule has 1 aromatic carbocycles. The Kier molecular flexibility index (Phi) is 6.63. The van der Waals surface area contributed by atoms with Gasteiger partial charge in [-0.05, 0) is 37.8 Å². The molecule has 0 bridgehead atoms. The van der Waals surface area contributed by atoms with Crippen molar-refractivity contribution in [2.45, 2.75) is 45.6 Å². The van der Waals surface area contributed by atoms with E-state index in [4.69, 9.17) is 4.74 Å². The highest BCUT2D eigenvalue weighted by atomic mass is 32.1. The molecule has 6 nitrogen and oxygen atoms in total. The molecule has 0 amide bonds. The van der Waals surface area contributed by atoms with Crippen molar-refractivity contribution in [1.82, 2.24) is 15.6 Å². The number of benzene rings is 1. The van der Waals surface area contributed by atoms with E-state index in [1.807, 2.05) is 24.4 Å². The zero-order chi connectivity index (χ0) is 21.8. The molecule has 2 aliphatic rings. The molecule has 1 unspecified atom stereocenters. The monoisotopic (exact) mass is 437 g/mol. The van der Waals surface area contributed by atoms with E-state index in [-0.39, 0.29) is 12.4 Å². The predicted octanol–water partition coefficient (Wildman–Crippen LogP) is 3.75. The Hall–Kier alpha value is -2.77. The second-order valence-electron chi connectivity index (χ2n) is 7.88. The summed E-state index contributed by atoms with van der Waals surface area (Å²) in [4.78, 5) is 30.3. The van der Waals surface area contributed by atoms with Gasteiger partial charge in [0.25, 0.3) is 0 Å². The molecule has 1 aliphatic carbocycles. The maximum absolute atomic E-state index is 13.1. The lowest BCUT2D eigenvalue weighted by Crippen LogP contribution is -2.34. The van der Waals surface area contributed by atoms with Gasteiger partial charge in [-0.3, -0.25) is 4.79 Å². The predicted molar refractivity (Wildman–Crippen MR) is 120 cm³/mol. The Bertz CT molecular complexity index is 1040. The number of esters is 1. The average molecular weight is 438 g/mol. The summed E-state index contributed by atoms with van der Waals surface area (Å²) < 4.78 is 5.61. The molecule has 31 heavy (non-hydrogen) atoms. The van der Waals surface area contributed by atoms with Gasteiger partial charge in [-0.25, -0.2) is 9.78 Å². The van der Waals surface area contributed by atoms with Crippen LogP contribution in [0.25, 0.3) is 0 Å². The van der Waals surface area contributed by atoms with Crippen molar-refractivity contribution in [2.24, 2.45) is 0 Å². The highest BCUT2D eigenvalue weighted by molar-refractivity contribution is 7.09. The summed E-state index contributed by atoms with van der Waals surface area (Å²) in [6.45, 7) is 5.48. The van der Waals surface area contributed by atoms with Crippen LogP contribution in [0.1, 0.15) is 48.2 Å². The van der Waals surface area contributed by atoms with Gasteiger partial charge < -0.3 is 15.4 Å². The first-order valence-electron chi connectivity index (χ1n) is 10.6. The minimum atomic E-state index is -0.448. The summed E-state index contributed by atoms with van der Waals surface area (Å²) in [6.07, 6.45) is 3.86. The number of Topliss-reactive ketones (excluding diaryl/α,β-unsaturated/α-hetero) is 1. The molecule has 2 aromatic rings. The van der Waals surface area contributed by atoms with Gasteiger partial charge in [-0.1, -0.05) is 24.3 Å². The van der Waals surface area contributed by atoms with Crippen LogP contribution >= 0.6 is 11.3 Å². The molecule has 1 atom stereocenters. The number of hydrogen-bond acceptors (Lipinski definition) is 7. The largest absolute Gasteiger partial charge is 0.461 e. The Labute approximate surface area is 186 Å². The number of hydrogen-bond donors (Lipinski definition) is 2. The molecule has 4 rings (SSSR count). The number of nitrogens with zero attached hydrogens (tertiary/aromatic N) is 1. The van der Waals surface area contributed by atoms with E-state index in [0.29, 0.717) is 24.1 Å². The lowest BCUT2D eigenvalue weighted by molar-refractivity contribution is -0.139. The van der Waals surface area contributed by atoms with Crippen LogP contribution in [0.15, 0.2) is 58.4 Å². The highest BCUT2D eigenvalue weighted by Gasteiger charge is 2.40. The van der Waals surface area contributed by atoms with Gasteiger partial charge in [0.1, 0.15) is 11.6 Å². The van der Waals surface area contributed by atoms with Crippen LogP contribution in [-0.4, -0.2) is 29.9 Å². The normalized spacial score (nSPS) is 18.6. The van der Waals surface area contributed by atoms with Crippen LogP contribution in [0.4, 0.5) is 0 Å². The van der Waals surface area contributed by atoms with E-state index in [1.165, 1.54) is 22.5 Å². The number of rotatable bonds is 7. The van der Waals surface area contributed by atoms with Crippen LogP contribution in [0.2, 0.25) is 0 Å². The zero-order valence-electron chi connectivity index (χ0n) is 17.9. The van der Waals surface area contributed by atoms with E-state index in [2.05, 4.69) is 34.7 Å². The lowest BCUT2D eigenvalue weighted by Gasteiger charge is -2.32. The highest BCUT2D eigenvalue weighted by Crippen LogP contribution is 2.42. The third-order valence-electron chi connectivity index (χ3n) is 5.78. The van der Waals surface area contributed by atoms with E-state index in [0.717, 1.165) is 35.8 Å². The van der Waals surface area contributed by atoms with Crippen molar-refractivity contribution in [3.05, 3.63) is 74.5 Å². The SMILES string of the molecule is CC1=C(C(=O)OCCNCc2ccccc2C)C(c2nccs2)C2=C(CCCC2=O)N1. The van der Waals surface area contributed by atoms with Crippen molar-refractivity contribution in [2.75, 3.05) is 13.2 Å². The summed E-state index contributed by atoms with van der Waals surface area (Å²) in [6, 6.07) is 8.20. The lowest BCUT2D eigenvalue weighted by atomic mass is 9.79. The topological polar surface area (TPSA) is 80.3 Å². The minimum absolute atomic E-state index is 0.0895. The molecular weight excluding hydrogens is 410 g/mol. The summed E-state index contributed by atoms with van der Waals surface area (Å²) in [7, 11) is 0. The fourth-order valence-electron chi connectivity index (χ4n) is 4.20. The number of nitrogens with one attached hydrogen (secondary N) is 2. The van der Waals surface area contributed by atoms with Gasteiger partial charge in [0.2, 0.25) is 0 Å². The maximum Gasteiger partial charge on any atom is 0.336 e. The smallest absolute Gasteiger partial charge is 0.336 e. The van der Waals surface area contributed by atoms with E-state index < -0.39 is 11.9 Å². The van der Waals surface area contributed by atoms with Crippen molar-refractivity contribution in [1.29, 1.82) is 0 Å². The number of thiazole rings is 1. The fourth-order valence-corrected chi connectivity index (χ4v) is 4.96. The van der Waals surface area contributed by atoms with E-state index in [1.54, 1.807) is 6.20 Å². The first-order chi connectivity index (χ1) is 15.1. The van der Waals surface area contributed by atoms with Crippen LogP contribution in [0, 0.1) is 6.92 Å². The summed E-state index contributed by atoms with van der Waals surface area (Å²) >= 11 is 1.46. The standard InChI is InChI=1S/C24H27N3O3S/c1-15-6-3-4-7-17(15)14-25-10-12-30-24(29)20-16(2)27-18-8-5-9-19(28)21(18)22(20)23-26-11-13-31-23/h3-4,6-7,11,13,22,25,27H,5,8-10,12,14H2,1-2H3. The van der Waals surface area contributed by atoms with Gasteiger partial charge in [0.15, 0.2) is 5.78 Å². The number of aromatic nitrogens is 1. The zero-order valence-corrected chi connectivity index (χ0v) is 18.7. The molecule has 0 radical (unpaired) electrons. The average Bonchev–Trinajstić information content (AvgIpc) is 3.28. The molecule has 0 spiro atoms. The number of carbonyl (C=O) groups is 2. The van der Waals surface area contributed by atoms with Gasteiger partial charge in [0.05, 0.1) is 11.5 Å². The number of allylic oxidation sites excluding steroid dienone is 3. The number of ketones is 1. The summed E-state index contributed by atoms with van der Waals surface area (Å²) in [5.41, 5.74) is 5.28. The van der Waals surface area contributed by atoms with E-state index >= 15 is 0 Å². The van der Waals surface area contributed by atoms with Crippen molar-refractivity contribution in [3.63, 3.8) is 0 Å². The number of aryl methyl sites for hydroxylation is 1. The Balaban J connectivity index is 1.43. The Morgan fingerprint density at radius 2 is 2.13 bits per heavy atom. The van der Waals surface area contributed by atoms with Crippen LogP contribution < -0.4 is 10.6 Å². The fraction of sp³-hybridized carbons (Fsp3) is 0.375. The molecule has 2 N–H and O–H groups in total. The van der Waals surface area contributed by atoms with Crippen LogP contribution in [-0.2, 0) is 20.9 Å². The first kappa shape index (κ1) is 21.5. The molecular formula is C24H27N3O3S. The molecule has 0 saturated heterocycles. The third kappa shape index (κ3) is 4.62. The molecule has 2 heterocycles. The van der Waals surface area contributed by atoms with Gasteiger partial charge in [0, 0.05) is 48.1 Å². The van der Waals surface area contributed by atoms with Crippen LogP contribution in [0.5, 0.6) is 0 Å². The molecule has 162 valence electrons. The third-order valence-corrected chi connectivity index (χ3v) is 6.62. The summed E-state index contributed by atoms with van der Waals surface area (Å²) in [5, 5.41) is 9.25. The van der Waals surface area contributed by atoms with Crippen molar-refractivity contribution < 1.29 is 14.3 Å². The number of carbonyl (C=O) groups excluding carboxylic acids is 2. The van der Waals surface area contributed by atoms with Crippen molar-refractivity contribution >= 4 is 23.1 Å².